The van der Waals surface area contributed by atoms with E-state index in [1.165, 1.54) is 0 Å². The van der Waals surface area contributed by atoms with E-state index in [2.05, 4.69) is 0 Å². The van der Waals surface area contributed by atoms with Crippen LogP contribution in [0.15, 0.2) is 21.9 Å². The molecule has 66 valence electrons. The Morgan fingerprint density at radius 2 is 1.33 bits per heavy atom. The van der Waals surface area contributed by atoms with Crippen molar-refractivity contribution in [3.8, 4) is 0 Å². The van der Waals surface area contributed by atoms with Crippen LogP contribution in [-0.2, 0) is 0 Å². The highest BCUT2D eigenvalue weighted by Crippen LogP contribution is 2.34. The van der Waals surface area contributed by atoms with E-state index < -0.39 is 0 Å². The number of rotatable bonds is 2. The minimum atomic E-state index is 0.727. The number of thioether (sulfide) groups is 2. The predicted octanol–water partition coefficient (Wildman–Crippen LogP) is 4.44. The zero-order valence-corrected chi connectivity index (χ0v) is 9.87. The molecule has 12 heavy (non-hydrogen) atoms. The fourth-order valence-electron chi connectivity index (χ4n) is 0.823. The van der Waals surface area contributed by atoms with Gasteiger partial charge in [-0.25, -0.2) is 0 Å². The molecular formula is C8H8Cl2S2. The quantitative estimate of drug-likeness (QED) is 0.700. The van der Waals surface area contributed by atoms with Crippen LogP contribution < -0.4 is 0 Å². The van der Waals surface area contributed by atoms with Gasteiger partial charge >= 0.3 is 0 Å². The van der Waals surface area contributed by atoms with Gasteiger partial charge in [-0.05, 0) is 24.6 Å². The molecule has 0 nitrogen and oxygen atoms in total. The zero-order chi connectivity index (χ0) is 9.14. The Kier molecular flexibility index (Phi) is 4.11. The molecule has 0 aliphatic carbocycles. The van der Waals surface area contributed by atoms with E-state index in [0.29, 0.717) is 0 Å². The summed E-state index contributed by atoms with van der Waals surface area (Å²) in [4.78, 5) is 2.15. The molecule has 0 spiro atoms. The van der Waals surface area contributed by atoms with Crippen LogP contribution in [0.2, 0.25) is 10.0 Å². The van der Waals surface area contributed by atoms with Crippen molar-refractivity contribution in [2.75, 3.05) is 12.5 Å². The molecule has 1 rings (SSSR count). The minimum Gasteiger partial charge on any atom is -0.128 e. The van der Waals surface area contributed by atoms with Crippen molar-refractivity contribution in [1.29, 1.82) is 0 Å². The summed E-state index contributed by atoms with van der Waals surface area (Å²) in [7, 11) is 0. The second kappa shape index (κ2) is 4.66. The van der Waals surface area contributed by atoms with Crippen molar-refractivity contribution in [2.24, 2.45) is 0 Å². The van der Waals surface area contributed by atoms with Gasteiger partial charge in [-0.3, -0.25) is 0 Å². The van der Waals surface area contributed by atoms with Crippen LogP contribution in [-0.4, -0.2) is 12.5 Å². The normalized spacial score (nSPS) is 10.3. The van der Waals surface area contributed by atoms with E-state index in [4.69, 9.17) is 23.2 Å². The molecule has 0 fully saturated rings. The molecule has 0 saturated heterocycles. The second-order valence-electron chi connectivity index (χ2n) is 2.12. The maximum atomic E-state index is 5.94. The lowest BCUT2D eigenvalue weighted by molar-refractivity contribution is 1.34. The number of hydrogen-bond donors (Lipinski definition) is 0. The summed E-state index contributed by atoms with van der Waals surface area (Å²) < 4.78 is 0. The molecule has 0 saturated carbocycles. The molecule has 0 heterocycles. The topological polar surface area (TPSA) is 0 Å². The average Bonchev–Trinajstić information content (AvgIpc) is 2.05. The van der Waals surface area contributed by atoms with Gasteiger partial charge in [0, 0.05) is 9.79 Å². The van der Waals surface area contributed by atoms with E-state index in [0.717, 1.165) is 19.8 Å². The number of benzene rings is 1. The summed E-state index contributed by atoms with van der Waals surface area (Å²) in [5.41, 5.74) is 0. The molecule has 0 atom stereocenters. The maximum Gasteiger partial charge on any atom is 0.0557 e. The van der Waals surface area contributed by atoms with Gasteiger partial charge in [0.15, 0.2) is 0 Å². The summed E-state index contributed by atoms with van der Waals surface area (Å²) >= 11 is 15.1. The van der Waals surface area contributed by atoms with Crippen LogP contribution in [0.3, 0.4) is 0 Å². The van der Waals surface area contributed by atoms with Crippen LogP contribution in [0.25, 0.3) is 0 Å². The molecular weight excluding hydrogens is 231 g/mol. The van der Waals surface area contributed by atoms with Crippen molar-refractivity contribution in [2.45, 2.75) is 9.79 Å². The van der Waals surface area contributed by atoms with Crippen LogP contribution in [0.5, 0.6) is 0 Å². The van der Waals surface area contributed by atoms with Gasteiger partial charge in [0.05, 0.1) is 10.0 Å². The summed E-state index contributed by atoms with van der Waals surface area (Å²) in [6, 6.07) is 3.81. The SMILES string of the molecule is CSc1cc(SC)c(Cl)cc1Cl. The van der Waals surface area contributed by atoms with E-state index in [9.17, 15) is 0 Å². The number of halogens is 2. The average molecular weight is 239 g/mol. The Bertz CT molecular complexity index is 261. The van der Waals surface area contributed by atoms with E-state index >= 15 is 0 Å². The molecule has 0 amide bonds. The predicted molar refractivity (Wildman–Crippen MR) is 60.0 cm³/mol. The zero-order valence-electron chi connectivity index (χ0n) is 6.73. The minimum absolute atomic E-state index is 0.727. The molecule has 0 aromatic heterocycles. The first-order valence-corrected chi connectivity index (χ1v) is 6.46. The summed E-state index contributed by atoms with van der Waals surface area (Å²) in [6.45, 7) is 0. The molecule has 1 aromatic rings. The Hall–Kier alpha value is 0.500. The molecule has 0 radical (unpaired) electrons. The fourth-order valence-corrected chi connectivity index (χ4v) is 2.72. The molecule has 0 aliphatic heterocycles. The van der Waals surface area contributed by atoms with Crippen LogP contribution in [0.1, 0.15) is 0 Å². The third kappa shape index (κ3) is 2.25. The molecule has 0 unspecified atom stereocenters. The van der Waals surface area contributed by atoms with Crippen molar-refractivity contribution >= 4 is 46.7 Å². The summed E-state index contributed by atoms with van der Waals surface area (Å²) in [5.74, 6) is 0. The lowest BCUT2D eigenvalue weighted by Gasteiger charge is -2.05. The largest absolute Gasteiger partial charge is 0.128 e. The van der Waals surface area contributed by atoms with Gasteiger partial charge in [-0.2, -0.15) is 0 Å². The second-order valence-corrected chi connectivity index (χ2v) is 4.63. The van der Waals surface area contributed by atoms with Gasteiger partial charge in [-0.15, -0.1) is 23.5 Å². The van der Waals surface area contributed by atoms with E-state index in [1.807, 2.05) is 18.6 Å². The first-order chi connectivity index (χ1) is 5.69. The Morgan fingerprint density at radius 3 is 1.67 bits per heavy atom. The van der Waals surface area contributed by atoms with Crippen LogP contribution in [0.4, 0.5) is 0 Å². The highest BCUT2D eigenvalue weighted by atomic mass is 35.5. The highest BCUT2D eigenvalue weighted by Gasteiger charge is 2.05. The molecule has 0 N–H and O–H groups in total. The Morgan fingerprint density at radius 1 is 0.917 bits per heavy atom. The third-order valence-corrected chi connectivity index (χ3v) is 3.83. The van der Waals surface area contributed by atoms with Crippen molar-refractivity contribution < 1.29 is 0 Å². The van der Waals surface area contributed by atoms with Crippen molar-refractivity contribution in [3.63, 3.8) is 0 Å². The van der Waals surface area contributed by atoms with Gasteiger partial charge in [0.1, 0.15) is 0 Å². The van der Waals surface area contributed by atoms with E-state index in [1.54, 1.807) is 29.6 Å². The lowest BCUT2D eigenvalue weighted by Crippen LogP contribution is -1.78. The van der Waals surface area contributed by atoms with Crippen LogP contribution >= 0.6 is 46.7 Å². The smallest absolute Gasteiger partial charge is 0.0557 e. The van der Waals surface area contributed by atoms with Crippen LogP contribution in [0, 0.1) is 0 Å². The maximum absolute atomic E-state index is 5.94. The van der Waals surface area contributed by atoms with Crippen molar-refractivity contribution in [3.05, 3.63) is 22.2 Å². The van der Waals surface area contributed by atoms with E-state index in [-0.39, 0.29) is 0 Å². The first kappa shape index (κ1) is 10.6. The highest BCUT2D eigenvalue weighted by molar-refractivity contribution is 7.99. The number of hydrogen-bond acceptors (Lipinski definition) is 2. The molecule has 0 bridgehead atoms. The summed E-state index contributed by atoms with van der Waals surface area (Å²) in [6.07, 6.45) is 4.00. The monoisotopic (exact) mass is 238 g/mol. The summed E-state index contributed by atoms with van der Waals surface area (Å²) in [5, 5.41) is 1.45. The van der Waals surface area contributed by atoms with Gasteiger partial charge < -0.3 is 0 Å². The Labute approximate surface area is 91.0 Å². The fraction of sp³-hybridized carbons (Fsp3) is 0.250. The van der Waals surface area contributed by atoms with Crippen molar-refractivity contribution in [1.82, 2.24) is 0 Å². The van der Waals surface area contributed by atoms with Gasteiger partial charge in [0.2, 0.25) is 0 Å². The Balaban J connectivity index is 3.18. The molecule has 1 aromatic carbocycles. The van der Waals surface area contributed by atoms with Gasteiger partial charge in [0.25, 0.3) is 0 Å². The standard InChI is InChI=1S/C8H8Cl2S2/c1-11-7-4-8(12-2)6(10)3-5(7)9/h3-4H,1-2H3. The molecule has 4 heteroatoms. The third-order valence-electron chi connectivity index (χ3n) is 1.43. The molecule has 0 aliphatic rings. The lowest BCUT2D eigenvalue weighted by atomic mass is 10.3. The van der Waals surface area contributed by atoms with Gasteiger partial charge in [-0.1, -0.05) is 23.2 Å². The first-order valence-electron chi connectivity index (χ1n) is 3.26.